The molecule has 0 fully saturated rings. The van der Waals surface area contributed by atoms with Crippen molar-refractivity contribution in [3.8, 4) is 5.75 Å². The van der Waals surface area contributed by atoms with Crippen LogP contribution < -0.4 is 10.5 Å². The number of hydrogen-bond donors (Lipinski definition) is 2. The number of carboxylic acids is 1. The normalized spacial score (nSPS) is 21.0. The van der Waals surface area contributed by atoms with Crippen LogP contribution in [0.3, 0.4) is 0 Å². The van der Waals surface area contributed by atoms with Crippen molar-refractivity contribution in [3.63, 3.8) is 0 Å². The third kappa shape index (κ3) is 4.90. The van der Waals surface area contributed by atoms with E-state index in [9.17, 15) is 13.6 Å². The van der Waals surface area contributed by atoms with Crippen molar-refractivity contribution in [1.82, 2.24) is 0 Å². The number of aryl methyl sites for hydroxylation is 1. The molecule has 0 amide bonds. The first-order chi connectivity index (χ1) is 14.2. The zero-order valence-corrected chi connectivity index (χ0v) is 16.9. The topological polar surface area (TPSA) is 81.8 Å². The second-order valence-corrected chi connectivity index (χ2v) is 7.42. The third-order valence-electron chi connectivity index (χ3n) is 5.12. The Hall–Kier alpha value is -3.09. The van der Waals surface area contributed by atoms with Crippen molar-refractivity contribution < 1.29 is 28.2 Å². The van der Waals surface area contributed by atoms with E-state index in [1.807, 2.05) is 13.0 Å². The highest BCUT2D eigenvalue weighted by atomic mass is 19.3. The molecular formula is C23H25F2NO4. The van der Waals surface area contributed by atoms with Crippen molar-refractivity contribution in [2.75, 3.05) is 5.73 Å². The van der Waals surface area contributed by atoms with Gasteiger partial charge in [0.25, 0.3) is 5.92 Å². The number of nitrogen functional groups attached to an aromatic ring is 1. The lowest BCUT2D eigenvalue weighted by molar-refractivity contribution is -0.137. The van der Waals surface area contributed by atoms with Gasteiger partial charge >= 0.3 is 5.97 Å². The number of nitrogens with two attached hydrogens (primary N) is 1. The molecule has 3 N–H and O–H groups in total. The Bertz CT molecular complexity index is 947. The maximum Gasteiger partial charge on any atom is 0.303 e. The predicted molar refractivity (Wildman–Crippen MR) is 110 cm³/mol. The number of para-hydroxylation sites is 1. The fourth-order valence-corrected chi connectivity index (χ4v) is 3.38. The molecule has 5 nitrogen and oxygen atoms in total. The van der Waals surface area contributed by atoms with Gasteiger partial charge in [0.05, 0.1) is 12.1 Å². The molecule has 2 atom stereocenters. The molecule has 2 aliphatic rings. The lowest BCUT2D eigenvalue weighted by Gasteiger charge is -2.24. The Morgan fingerprint density at radius 1 is 1.30 bits per heavy atom. The molecule has 0 aromatic heterocycles. The molecule has 0 spiro atoms. The first-order valence-corrected chi connectivity index (χ1v) is 9.81. The van der Waals surface area contributed by atoms with E-state index in [0.717, 1.165) is 5.56 Å². The number of ether oxygens (including phenoxy) is 2. The zero-order valence-electron chi connectivity index (χ0n) is 16.9. The molecule has 1 aromatic carbocycles. The van der Waals surface area contributed by atoms with Gasteiger partial charge in [0.1, 0.15) is 17.6 Å². The van der Waals surface area contributed by atoms with Gasteiger partial charge in [-0.2, -0.15) is 0 Å². The van der Waals surface area contributed by atoms with Crippen molar-refractivity contribution >= 4 is 11.7 Å². The molecule has 0 radical (unpaired) electrons. The maximum absolute atomic E-state index is 14.6. The number of hydrogen-bond acceptors (Lipinski definition) is 4. The molecule has 0 aliphatic heterocycles. The summed E-state index contributed by atoms with van der Waals surface area (Å²) in [6.07, 6.45) is 7.00. The number of carboxylic acid groups (broad SMARTS) is 1. The van der Waals surface area contributed by atoms with Crippen LogP contribution in [0, 0.1) is 12.8 Å². The van der Waals surface area contributed by atoms with E-state index in [-0.39, 0.29) is 30.1 Å². The van der Waals surface area contributed by atoms with Crippen LogP contribution in [0.5, 0.6) is 5.75 Å². The fourth-order valence-electron chi connectivity index (χ4n) is 3.38. The largest absolute Gasteiger partial charge is 0.482 e. The summed E-state index contributed by atoms with van der Waals surface area (Å²) in [7, 11) is 0. The van der Waals surface area contributed by atoms with Crippen LogP contribution in [0.25, 0.3) is 0 Å². The number of aliphatic carboxylic acids is 1. The van der Waals surface area contributed by atoms with E-state index >= 15 is 0 Å². The van der Waals surface area contributed by atoms with Crippen LogP contribution in [-0.2, 0) is 9.53 Å². The first kappa shape index (κ1) is 21.6. The SMILES string of the molecule is CCC(F)(F)C1=CC(Oc2cccc(C)c2N)=CC1OC1=CC(CC(=O)O)CC=C1. The molecule has 2 aliphatic carbocycles. The number of benzene rings is 1. The lowest BCUT2D eigenvalue weighted by Crippen LogP contribution is -2.27. The molecule has 0 saturated heterocycles. The second-order valence-electron chi connectivity index (χ2n) is 7.42. The van der Waals surface area contributed by atoms with Crippen LogP contribution in [-0.4, -0.2) is 23.1 Å². The monoisotopic (exact) mass is 417 g/mol. The van der Waals surface area contributed by atoms with Crippen molar-refractivity contribution in [1.29, 1.82) is 0 Å². The van der Waals surface area contributed by atoms with Gasteiger partial charge in [0.2, 0.25) is 0 Å². The lowest BCUT2D eigenvalue weighted by atomic mass is 9.96. The summed E-state index contributed by atoms with van der Waals surface area (Å²) < 4.78 is 40.8. The van der Waals surface area contributed by atoms with Crippen molar-refractivity contribution in [2.24, 2.45) is 5.92 Å². The van der Waals surface area contributed by atoms with E-state index in [1.165, 1.54) is 19.1 Å². The van der Waals surface area contributed by atoms with Gasteiger partial charge < -0.3 is 20.3 Å². The van der Waals surface area contributed by atoms with Gasteiger partial charge in [-0.15, -0.1) is 0 Å². The summed E-state index contributed by atoms with van der Waals surface area (Å²) in [5, 5.41) is 8.99. The molecule has 160 valence electrons. The van der Waals surface area contributed by atoms with Gasteiger partial charge in [-0.05, 0) is 49.1 Å². The smallest absolute Gasteiger partial charge is 0.303 e. The van der Waals surface area contributed by atoms with Crippen LogP contribution in [0.15, 0.2) is 65.7 Å². The van der Waals surface area contributed by atoms with Crippen LogP contribution in [0.2, 0.25) is 0 Å². The van der Waals surface area contributed by atoms with Gasteiger partial charge in [-0.3, -0.25) is 4.79 Å². The molecule has 3 rings (SSSR count). The van der Waals surface area contributed by atoms with E-state index in [2.05, 4.69) is 0 Å². The quantitative estimate of drug-likeness (QED) is 0.572. The van der Waals surface area contributed by atoms with Crippen molar-refractivity contribution in [3.05, 3.63) is 71.2 Å². The van der Waals surface area contributed by atoms with E-state index in [0.29, 0.717) is 23.6 Å². The standard InChI is InChI=1S/C23H25F2NO4/c1-3-23(24,25)18-12-17(30-19-9-4-6-14(2)22(19)26)13-20(18)29-16-8-5-7-15(10-16)11-21(27)28/h4-6,8-10,12-13,15,20H,3,7,11,26H2,1-2H3,(H,27,28). The summed E-state index contributed by atoms with van der Waals surface area (Å²) >= 11 is 0. The van der Waals surface area contributed by atoms with Gasteiger partial charge in [0, 0.05) is 18.1 Å². The maximum atomic E-state index is 14.6. The molecule has 7 heteroatoms. The van der Waals surface area contributed by atoms with E-state index in [1.54, 1.807) is 30.4 Å². The Morgan fingerprint density at radius 2 is 2.07 bits per heavy atom. The summed E-state index contributed by atoms with van der Waals surface area (Å²) in [6.45, 7) is 3.23. The van der Waals surface area contributed by atoms with Crippen LogP contribution >= 0.6 is 0 Å². The van der Waals surface area contributed by atoms with Gasteiger partial charge in [-0.1, -0.05) is 25.1 Å². The highest BCUT2D eigenvalue weighted by Crippen LogP contribution is 2.39. The average Bonchev–Trinajstić information content (AvgIpc) is 3.08. The second kappa shape index (κ2) is 8.73. The molecule has 2 unspecified atom stereocenters. The van der Waals surface area contributed by atoms with Crippen LogP contribution in [0.1, 0.15) is 31.7 Å². The van der Waals surface area contributed by atoms with E-state index in [4.69, 9.17) is 20.3 Å². The van der Waals surface area contributed by atoms with Gasteiger partial charge in [0.15, 0.2) is 5.75 Å². The zero-order chi connectivity index (χ0) is 21.9. The Morgan fingerprint density at radius 3 is 2.77 bits per heavy atom. The summed E-state index contributed by atoms with van der Waals surface area (Å²) in [4.78, 5) is 11.0. The average molecular weight is 417 g/mol. The summed E-state index contributed by atoms with van der Waals surface area (Å²) in [5.41, 5.74) is 7.08. The number of rotatable bonds is 8. The van der Waals surface area contributed by atoms with Crippen molar-refractivity contribution in [2.45, 2.75) is 45.1 Å². The third-order valence-corrected chi connectivity index (χ3v) is 5.12. The van der Waals surface area contributed by atoms with Crippen LogP contribution in [0.4, 0.5) is 14.5 Å². The summed E-state index contributed by atoms with van der Waals surface area (Å²) in [6, 6.07) is 5.28. The molecule has 0 saturated carbocycles. The molecule has 0 bridgehead atoms. The number of anilines is 1. The number of allylic oxidation sites excluding steroid dienone is 4. The highest BCUT2D eigenvalue weighted by molar-refractivity contribution is 5.67. The number of alkyl halides is 2. The minimum absolute atomic E-state index is 0.0491. The molecule has 1 aromatic rings. The Balaban J connectivity index is 1.85. The highest BCUT2D eigenvalue weighted by Gasteiger charge is 2.41. The Labute approximate surface area is 174 Å². The number of halogens is 2. The molecular weight excluding hydrogens is 392 g/mol. The number of carbonyl (C=O) groups is 1. The minimum atomic E-state index is -3.08. The fraction of sp³-hybridized carbons (Fsp3) is 0.348. The van der Waals surface area contributed by atoms with Gasteiger partial charge in [-0.25, -0.2) is 8.78 Å². The first-order valence-electron chi connectivity index (χ1n) is 9.81. The Kier molecular flexibility index (Phi) is 6.29. The molecule has 0 heterocycles. The molecule has 30 heavy (non-hydrogen) atoms. The van der Waals surface area contributed by atoms with E-state index < -0.39 is 18.0 Å². The minimum Gasteiger partial charge on any atom is -0.482 e. The predicted octanol–water partition coefficient (Wildman–Crippen LogP) is 5.15. The summed E-state index contributed by atoms with van der Waals surface area (Å²) in [5.74, 6) is -3.27.